The quantitative estimate of drug-likeness (QED) is 0.217. The van der Waals surface area contributed by atoms with Crippen molar-refractivity contribution in [3.05, 3.63) is 106 Å². The van der Waals surface area contributed by atoms with Crippen LogP contribution in [0.1, 0.15) is 60.9 Å². The SMILES string of the molecule is Fc1ccc(Nc2nncc3ccc(C[C@@H](c4ccc(Cl)cc4)c4cn(C5CCCCC5)nn4)cc23)cc1Cl. The molecule has 0 saturated heterocycles. The molecule has 1 saturated carbocycles. The highest BCUT2D eigenvalue weighted by Gasteiger charge is 2.22. The fourth-order valence-electron chi connectivity index (χ4n) is 5.35. The summed E-state index contributed by atoms with van der Waals surface area (Å²) in [5, 5.41) is 23.5. The molecule has 0 radical (unpaired) electrons. The molecular weight excluding hydrogens is 534 g/mol. The first-order valence-electron chi connectivity index (χ1n) is 13.2. The molecule has 1 aliphatic carbocycles. The van der Waals surface area contributed by atoms with E-state index in [9.17, 15) is 4.39 Å². The molecule has 1 fully saturated rings. The van der Waals surface area contributed by atoms with Gasteiger partial charge in [-0.1, -0.05) is 71.9 Å². The van der Waals surface area contributed by atoms with Crippen LogP contribution in [0.3, 0.4) is 0 Å². The highest BCUT2D eigenvalue weighted by Crippen LogP contribution is 2.33. The van der Waals surface area contributed by atoms with Crippen molar-refractivity contribution < 1.29 is 4.39 Å². The van der Waals surface area contributed by atoms with E-state index in [0.29, 0.717) is 29.0 Å². The molecule has 6 rings (SSSR count). The lowest BCUT2D eigenvalue weighted by Gasteiger charge is -2.21. The largest absolute Gasteiger partial charge is 0.338 e. The molecule has 1 aliphatic rings. The van der Waals surface area contributed by atoms with Gasteiger partial charge in [-0.15, -0.1) is 10.2 Å². The third-order valence-corrected chi connectivity index (χ3v) is 8.00. The van der Waals surface area contributed by atoms with E-state index in [1.807, 2.05) is 18.2 Å². The molecular formula is C30H27Cl2FN6. The van der Waals surface area contributed by atoms with Gasteiger partial charge in [-0.05, 0) is 66.8 Å². The van der Waals surface area contributed by atoms with Crippen LogP contribution in [0.2, 0.25) is 10.0 Å². The van der Waals surface area contributed by atoms with Gasteiger partial charge in [0.05, 0.1) is 23.0 Å². The fraction of sp³-hybridized carbons (Fsp3) is 0.267. The minimum Gasteiger partial charge on any atom is -0.338 e. The molecule has 1 atom stereocenters. The smallest absolute Gasteiger partial charge is 0.160 e. The molecule has 0 unspecified atom stereocenters. The number of hydrogen-bond donors (Lipinski definition) is 1. The van der Waals surface area contributed by atoms with Crippen molar-refractivity contribution in [3.8, 4) is 0 Å². The molecule has 0 bridgehead atoms. The van der Waals surface area contributed by atoms with Gasteiger partial charge in [-0.25, -0.2) is 9.07 Å². The highest BCUT2D eigenvalue weighted by molar-refractivity contribution is 6.31. The Balaban J connectivity index is 1.34. The Hall–Kier alpha value is -3.55. The van der Waals surface area contributed by atoms with Gasteiger partial charge >= 0.3 is 0 Å². The van der Waals surface area contributed by atoms with E-state index < -0.39 is 5.82 Å². The molecule has 2 heterocycles. The predicted molar refractivity (Wildman–Crippen MR) is 153 cm³/mol. The summed E-state index contributed by atoms with van der Waals surface area (Å²) < 4.78 is 15.7. The maximum Gasteiger partial charge on any atom is 0.160 e. The van der Waals surface area contributed by atoms with Crippen molar-refractivity contribution in [3.63, 3.8) is 0 Å². The summed E-state index contributed by atoms with van der Waals surface area (Å²) in [6, 6.07) is 19.1. The molecule has 5 aromatic rings. The zero-order chi connectivity index (χ0) is 26.8. The number of fused-ring (bicyclic) bond motifs is 1. The fourth-order valence-corrected chi connectivity index (χ4v) is 5.66. The van der Waals surface area contributed by atoms with Crippen LogP contribution in [0, 0.1) is 5.82 Å². The van der Waals surface area contributed by atoms with E-state index in [4.69, 9.17) is 23.2 Å². The lowest BCUT2D eigenvalue weighted by molar-refractivity contribution is 0.324. The zero-order valence-corrected chi connectivity index (χ0v) is 22.7. The summed E-state index contributed by atoms with van der Waals surface area (Å²) in [4.78, 5) is 0. The average molecular weight is 561 g/mol. The Morgan fingerprint density at radius 3 is 2.56 bits per heavy atom. The van der Waals surface area contributed by atoms with Crippen molar-refractivity contribution in [1.82, 2.24) is 25.2 Å². The van der Waals surface area contributed by atoms with Crippen LogP contribution < -0.4 is 5.32 Å². The third kappa shape index (κ3) is 5.75. The Kier molecular flexibility index (Phi) is 7.44. The van der Waals surface area contributed by atoms with Crippen molar-refractivity contribution in [2.24, 2.45) is 0 Å². The maximum absolute atomic E-state index is 13.7. The summed E-state index contributed by atoms with van der Waals surface area (Å²) in [7, 11) is 0. The molecule has 9 heteroatoms. The standard InChI is InChI=1S/C30H27Cl2FN6/c31-22-10-8-20(9-11-22)25(29-18-39(38-36-29)24-4-2-1-3-5-24)14-19-6-7-21-17-34-37-30(26(21)15-19)35-23-12-13-28(33)27(32)16-23/h6-13,15-18,24-25H,1-5,14H2,(H,35,37)/t25-/m0/s1. The molecule has 0 spiro atoms. The van der Waals surface area contributed by atoms with E-state index in [1.165, 1.54) is 31.4 Å². The predicted octanol–water partition coefficient (Wildman–Crippen LogP) is 8.29. The van der Waals surface area contributed by atoms with Gasteiger partial charge in [0.1, 0.15) is 5.82 Å². The summed E-state index contributed by atoms with van der Waals surface area (Å²) in [5.41, 5.74) is 3.81. The lowest BCUT2D eigenvalue weighted by atomic mass is 9.89. The number of benzene rings is 3. The molecule has 2 aromatic heterocycles. The van der Waals surface area contributed by atoms with Gasteiger partial charge in [0, 0.05) is 33.6 Å². The summed E-state index contributed by atoms with van der Waals surface area (Å²) >= 11 is 12.2. The topological polar surface area (TPSA) is 68.5 Å². The summed E-state index contributed by atoms with van der Waals surface area (Å²) in [6.45, 7) is 0. The molecule has 1 N–H and O–H groups in total. The second kappa shape index (κ2) is 11.3. The van der Waals surface area contributed by atoms with E-state index >= 15 is 0 Å². The second-order valence-electron chi connectivity index (χ2n) is 10.1. The number of aromatic nitrogens is 5. The van der Waals surface area contributed by atoms with Crippen molar-refractivity contribution in [2.45, 2.75) is 50.5 Å². The van der Waals surface area contributed by atoms with Crippen molar-refractivity contribution >= 4 is 45.5 Å². The van der Waals surface area contributed by atoms with Crippen LogP contribution in [0.5, 0.6) is 0 Å². The van der Waals surface area contributed by atoms with E-state index in [2.05, 4.69) is 61.0 Å². The first-order chi connectivity index (χ1) is 19.0. The Bertz CT molecular complexity index is 1600. The van der Waals surface area contributed by atoms with Crippen molar-refractivity contribution in [1.29, 1.82) is 0 Å². The number of anilines is 2. The van der Waals surface area contributed by atoms with Gasteiger partial charge in [0.25, 0.3) is 0 Å². The third-order valence-electron chi connectivity index (χ3n) is 7.46. The Morgan fingerprint density at radius 1 is 0.949 bits per heavy atom. The number of nitrogens with zero attached hydrogens (tertiary/aromatic N) is 5. The van der Waals surface area contributed by atoms with E-state index in [1.54, 1.807) is 12.3 Å². The Labute approximate surface area is 236 Å². The molecule has 39 heavy (non-hydrogen) atoms. The zero-order valence-electron chi connectivity index (χ0n) is 21.2. The van der Waals surface area contributed by atoms with E-state index in [-0.39, 0.29) is 10.9 Å². The highest BCUT2D eigenvalue weighted by atomic mass is 35.5. The molecule has 6 nitrogen and oxygen atoms in total. The first kappa shape index (κ1) is 25.7. The minimum atomic E-state index is -0.470. The van der Waals surface area contributed by atoms with Crippen molar-refractivity contribution in [2.75, 3.05) is 5.32 Å². The number of nitrogens with one attached hydrogen (secondary N) is 1. The van der Waals surface area contributed by atoms with Gasteiger partial charge in [0.15, 0.2) is 5.82 Å². The monoisotopic (exact) mass is 560 g/mol. The molecule has 0 aliphatic heterocycles. The van der Waals surface area contributed by atoms with Gasteiger partial charge in [-0.2, -0.15) is 5.10 Å². The van der Waals surface area contributed by atoms with Crippen LogP contribution >= 0.6 is 23.2 Å². The minimum absolute atomic E-state index is 0.000770. The van der Waals surface area contributed by atoms with Crippen LogP contribution in [0.4, 0.5) is 15.9 Å². The van der Waals surface area contributed by atoms with Crippen LogP contribution in [-0.2, 0) is 6.42 Å². The average Bonchev–Trinajstić information content (AvgIpc) is 3.45. The van der Waals surface area contributed by atoms with Gasteiger partial charge in [-0.3, -0.25) is 0 Å². The first-order valence-corrected chi connectivity index (χ1v) is 13.9. The second-order valence-corrected chi connectivity index (χ2v) is 10.9. The summed E-state index contributed by atoms with van der Waals surface area (Å²) in [5.74, 6) is 0.102. The molecule has 0 amide bonds. The summed E-state index contributed by atoms with van der Waals surface area (Å²) in [6.07, 6.45) is 10.6. The van der Waals surface area contributed by atoms with Crippen LogP contribution in [0.25, 0.3) is 10.8 Å². The number of halogens is 3. The molecule has 3 aromatic carbocycles. The lowest BCUT2D eigenvalue weighted by Crippen LogP contribution is -2.13. The van der Waals surface area contributed by atoms with Crippen LogP contribution in [-0.4, -0.2) is 25.2 Å². The normalized spacial score (nSPS) is 14.9. The maximum atomic E-state index is 13.7. The number of hydrogen-bond acceptors (Lipinski definition) is 5. The van der Waals surface area contributed by atoms with Gasteiger partial charge in [0.2, 0.25) is 0 Å². The molecule has 198 valence electrons. The van der Waals surface area contributed by atoms with E-state index in [0.717, 1.165) is 40.4 Å². The van der Waals surface area contributed by atoms with Crippen LogP contribution in [0.15, 0.2) is 73.1 Å². The number of rotatable bonds is 7. The Morgan fingerprint density at radius 2 is 1.77 bits per heavy atom. The van der Waals surface area contributed by atoms with Gasteiger partial charge < -0.3 is 5.32 Å².